The van der Waals surface area contributed by atoms with Gasteiger partial charge in [-0.2, -0.15) is 0 Å². The number of amides is 1. The zero-order valence-corrected chi connectivity index (χ0v) is 20.7. The maximum absolute atomic E-state index is 13.3. The van der Waals surface area contributed by atoms with Crippen LogP contribution in [0.2, 0.25) is 0 Å². The summed E-state index contributed by atoms with van der Waals surface area (Å²) in [5, 5.41) is 11.3. The average Bonchev–Trinajstić information content (AvgIpc) is 3.47. The number of ketones is 1. The molecule has 0 aromatic heterocycles. The van der Waals surface area contributed by atoms with Crippen molar-refractivity contribution in [1.29, 1.82) is 0 Å². The van der Waals surface area contributed by atoms with E-state index in [0.29, 0.717) is 42.7 Å². The fourth-order valence-corrected chi connectivity index (χ4v) is 5.01. The predicted octanol–water partition coefficient (Wildman–Crippen LogP) is 3.68. The molecular weight excluding hydrogens is 460 g/mol. The van der Waals surface area contributed by atoms with E-state index < -0.39 is 17.7 Å². The topological polar surface area (TPSA) is 88.5 Å². The van der Waals surface area contributed by atoms with Crippen LogP contribution in [0.25, 0.3) is 5.76 Å². The summed E-state index contributed by atoms with van der Waals surface area (Å²) in [5.74, 6) is -0.0351. The van der Waals surface area contributed by atoms with Crippen molar-refractivity contribution in [3.8, 4) is 11.5 Å². The van der Waals surface area contributed by atoms with Crippen LogP contribution in [0, 0.1) is 0 Å². The van der Waals surface area contributed by atoms with Crippen molar-refractivity contribution in [2.75, 3.05) is 46.2 Å². The summed E-state index contributed by atoms with van der Waals surface area (Å²) in [4.78, 5) is 30.4. The number of carbonyl (C=O) groups excluding carboxylic acids is 2. The quantitative estimate of drug-likeness (QED) is 0.358. The second-order valence-electron chi connectivity index (χ2n) is 9.69. The Kier molecular flexibility index (Phi) is 6.98. The molecule has 8 heteroatoms. The molecule has 1 amide bonds. The van der Waals surface area contributed by atoms with Gasteiger partial charge in [0.1, 0.15) is 5.76 Å². The summed E-state index contributed by atoms with van der Waals surface area (Å²) >= 11 is 0. The van der Waals surface area contributed by atoms with Gasteiger partial charge in [0.25, 0.3) is 11.7 Å². The lowest BCUT2D eigenvalue weighted by molar-refractivity contribution is -0.140. The molecular formula is C28H32N2O6. The van der Waals surface area contributed by atoms with Gasteiger partial charge in [0, 0.05) is 31.7 Å². The Labute approximate surface area is 211 Å². The van der Waals surface area contributed by atoms with Crippen molar-refractivity contribution in [1.82, 2.24) is 9.80 Å². The van der Waals surface area contributed by atoms with Crippen LogP contribution >= 0.6 is 0 Å². The van der Waals surface area contributed by atoms with Crippen molar-refractivity contribution >= 4 is 17.4 Å². The van der Waals surface area contributed by atoms with E-state index in [2.05, 4.69) is 18.7 Å². The van der Waals surface area contributed by atoms with E-state index in [1.54, 1.807) is 23.1 Å². The normalized spacial score (nSPS) is 21.5. The third-order valence-corrected chi connectivity index (χ3v) is 7.08. The number of likely N-dealkylation sites (tertiary alicyclic amines) is 1. The molecule has 2 aromatic carbocycles. The molecule has 0 spiro atoms. The molecule has 0 radical (unpaired) electrons. The highest BCUT2D eigenvalue weighted by Crippen LogP contribution is 2.41. The average molecular weight is 493 g/mol. The molecule has 2 saturated heterocycles. The second-order valence-corrected chi connectivity index (χ2v) is 9.69. The van der Waals surface area contributed by atoms with Crippen molar-refractivity contribution in [2.24, 2.45) is 0 Å². The maximum atomic E-state index is 13.3. The molecule has 36 heavy (non-hydrogen) atoms. The number of carbonyl (C=O) groups is 2. The summed E-state index contributed by atoms with van der Waals surface area (Å²) in [7, 11) is 0. The summed E-state index contributed by atoms with van der Waals surface area (Å²) in [5.41, 5.74) is 2.47. The van der Waals surface area contributed by atoms with Gasteiger partial charge in [0.05, 0.1) is 24.8 Å². The van der Waals surface area contributed by atoms with E-state index in [1.165, 1.54) is 5.56 Å². The maximum Gasteiger partial charge on any atom is 0.295 e. The highest BCUT2D eigenvalue weighted by Gasteiger charge is 2.46. The van der Waals surface area contributed by atoms with Gasteiger partial charge in [-0.1, -0.05) is 38.1 Å². The van der Waals surface area contributed by atoms with Gasteiger partial charge in [-0.15, -0.1) is 0 Å². The molecule has 3 aliphatic heterocycles. The lowest BCUT2D eigenvalue weighted by atomic mass is 9.93. The van der Waals surface area contributed by atoms with Crippen LogP contribution in [0.15, 0.2) is 48.0 Å². The highest BCUT2D eigenvalue weighted by molar-refractivity contribution is 6.46. The Bertz CT molecular complexity index is 1170. The largest absolute Gasteiger partial charge is 0.507 e. The van der Waals surface area contributed by atoms with Gasteiger partial charge in [-0.05, 0) is 41.7 Å². The van der Waals surface area contributed by atoms with Gasteiger partial charge in [0.2, 0.25) is 6.79 Å². The number of hydrogen-bond donors (Lipinski definition) is 1. The number of ether oxygens (including phenoxy) is 3. The molecule has 1 unspecified atom stereocenters. The van der Waals surface area contributed by atoms with Gasteiger partial charge in [-0.25, -0.2) is 0 Å². The molecule has 190 valence electrons. The molecule has 1 atom stereocenters. The Hall–Kier alpha value is -3.36. The summed E-state index contributed by atoms with van der Waals surface area (Å²) in [6.07, 6.45) is 0.720. The number of aliphatic hydroxyl groups excluding tert-OH is 1. The Balaban J connectivity index is 1.48. The minimum atomic E-state index is -0.672. The summed E-state index contributed by atoms with van der Waals surface area (Å²) in [6.45, 7) is 8.72. The first-order valence-corrected chi connectivity index (χ1v) is 12.5. The third-order valence-electron chi connectivity index (χ3n) is 7.08. The van der Waals surface area contributed by atoms with Crippen LogP contribution in [0.4, 0.5) is 0 Å². The van der Waals surface area contributed by atoms with Gasteiger partial charge >= 0.3 is 0 Å². The molecule has 3 aliphatic rings. The number of nitrogens with zero attached hydrogens (tertiary/aromatic N) is 2. The molecule has 5 rings (SSSR count). The van der Waals surface area contributed by atoms with Crippen LogP contribution in [0.5, 0.6) is 11.5 Å². The van der Waals surface area contributed by atoms with E-state index >= 15 is 0 Å². The molecule has 8 nitrogen and oxygen atoms in total. The number of Topliss-reactive ketones (excluding diaryl/α,β-unsaturated/α-hetero) is 1. The zero-order chi connectivity index (χ0) is 25.2. The van der Waals surface area contributed by atoms with E-state index in [-0.39, 0.29) is 18.1 Å². The monoisotopic (exact) mass is 492 g/mol. The van der Waals surface area contributed by atoms with Crippen molar-refractivity contribution in [3.63, 3.8) is 0 Å². The van der Waals surface area contributed by atoms with Gasteiger partial charge in [-0.3, -0.25) is 14.5 Å². The first kappa shape index (κ1) is 24.3. The molecule has 0 bridgehead atoms. The van der Waals surface area contributed by atoms with Crippen molar-refractivity contribution in [3.05, 3.63) is 64.7 Å². The summed E-state index contributed by atoms with van der Waals surface area (Å²) < 4.78 is 16.2. The number of morpholine rings is 1. The Morgan fingerprint density at radius 1 is 1.00 bits per heavy atom. The molecule has 0 saturated carbocycles. The van der Waals surface area contributed by atoms with E-state index in [1.807, 2.05) is 24.3 Å². The lowest BCUT2D eigenvalue weighted by Crippen LogP contribution is -2.38. The second kappa shape index (κ2) is 10.3. The molecule has 3 heterocycles. The number of hydrogen-bond acceptors (Lipinski definition) is 7. The van der Waals surface area contributed by atoms with Crippen LogP contribution in [0.1, 0.15) is 48.9 Å². The van der Waals surface area contributed by atoms with Crippen LogP contribution in [-0.2, 0) is 14.3 Å². The van der Waals surface area contributed by atoms with Crippen molar-refractivity contribution < 1.29 is 28.9 Å². The first-order valence-electron chi connectivity index (χ1n) is 12.5. The van der Waals surface area contributed by atoms with Gasteiger partial charge < -0.3 is 24.2 Å². The molecule has 2 fully saturated rings. The van der Waals surface area contributed by atoms with Crippen LogP contribution in [-0.4, -0.2) is 72.8 Å². The molecule has 1 N–H and O–H groups in total. The van der Waals surface area contributed by atoms with Gasteiger partial charge in [0.15, 0.2) is 11.5 Å². The van der Waals surface area contributed by atoms with E-state index in [9.17, 15) is 14.7 Å². The SMILES string of the molecule is CC(C)c1ccc(C2C(=C(O)c3ccc4c(c3)OCO4)C(=O)C(=O)N2CCCN2CCOCC2)cc1. The third kappa shape index (κ3) is 4.70. The zero-order valence-electron chi connectivity index (χ0n) is 20.7. The molecule has 0 aliphatic carbocycles. The fourth-order valence-electron chi connectivity index (χ4n) is 5.01. The minimum Gasteiger partial charge on any atom is -0.507 e. The molecule has 2 aromatic rings. The lowest BCUT2D eigenvalue weighted by Gasteiger charge is -2.29. The Morgan fingerprint density at radius 2 is 1.72 bits per heavy atom. The Morgan fingerprint density at radius 3 is 2.44 bits per heavy atom. The highest BCUT2D eigenvalue weighted by atomic mass is 16.7. The van der Waals surface area contributed by atoms with Crippen molar-refractivity contribution in [2.45, 2.75) is 32.2 Å². The van der Waals surface area contributed by atoms with Crippen LogP contribution < -0.4 is 9.47 Å². The number of aliphatic hydroxyl groups is 1. The first-order chi connectivity index (χ1) is 17.4. The van der Waals surface area contributed by atoms with E-state index in [0.717, 1.165) is 31.6 Å². The van der Waals surface area contributed by atoms with E-state index in [4.69, 9.17) is 14.2 Å². The predicted molar refractivity (Wildman–Crippen MR) is 134 cm³/mol. The fraction of sp³-hybridized carbons (Fsp3) is 0.429. The number of fused-ring (bicyclic) bond motifs is 1. The smallest absolute Gasteiger partial charge is 0.295 e. The van der Waals surface area contributed by atoms with Crippen LogP contribution in [0.3, 0.4) is 0 Å². The number of benzene rings is 2. The minimum absolute atomic E-state index is 0.0996. The summed E-state index contributed by atoms with van der Waals surface area (Å²) in [6, 6.07) is 12.3. The number of rotatable bonds is 7. The standard InChI is InChI=1S/C28H32N2O6/c1-18(2)19-4-6-20(7-5-19)25-24(26(31)21-8-9-22-23(16-21)36-17-35-22)27(32)28(33)30(25)11-3-10-29-12-14-34-15-13-29/h4-9,16,18,25,31H,3,10-15,17H2,1-2H3.